The number of rotatable bonds is 6. The minimum absolute atomic E-state index is 0.0439. The number of hydrogen-bond donors (Lipinski definition) is 0. The highest BCUT2D eigenvalue weighted by molar-refractivity contribution is 5.93. The number of nitrogens with zero attached hydrogens (tertiary/aromatic N) is 6. The van der Waals surface area contributed by atoms with Crippen molar-refractivity contribution in [2.75, 3.05) is 19.7 Å². The van der Waals surface area contributed by atoms with Crippen LogP contribution in [0.3, 0.4) is 0 Å². The molecule has 0 radical (unpaired) electrons. The van der Waals surface area contributed by atoms with Gasteiger partial charge in [0, 0.05) is 30.0 Å². The van der Waals surface area contributed by atoms with Crippen molar-refractivity contribution >= 4 is 5.91 Å². The van der Waals surface area contributed by atoms with Gasteiger partial charge in [0.2, 0.25) is 5.88 Å². The van der Waals surface area contributed by atoms with E-state index in [4.69, 9.17) is 4.74 Å². The van der Waals surface area contributed by atoms with Gasteiger partial charge in [-0.1, -0.05) is 0 Å². The van der Waals surface area contributed by atoms with Crippen molar-refractivity contribution in [3.05, 3.63) is 29.5 Å². The summed E-state index contributed by atoms with van der Waals surface area (Å²) in [4.78, 5) is 19.0. The second kappa shape index (κ2) is 6.89. The number of carbonyl (C=O) groups is 1. The summed E-state index contributed by atoms with van der Waals surface area (Å²) in [6, 6.07) is 1.88. The molecule has 3 saturated carbocycles. The van der Waals surface area contributed by atoms with Crippen molar-refractivity contribution in [2.45, 2.75) is 63.6 Å². The Balaban J connectivity index is 1.02. The lowest BCUT2D eigenvalue weighted by atomic mass is 9.60. The van der Waals surface area contributed by atoms with Crippen LogP contribution in [0.5, 0.6) is 5.88 Å². The van der Waals surface area contributed by atoms with Gasteiger partial charge in [0.25, 0.3) is 5.91 Å². The number of alkyl halides is 3. The van der Waals surface area contributed by atoms with Crippen molar-refractivity contribution < 1.29 is 22.7 Å². The van der Waals surface area contributed by atoms with Crippen molar-refractivity contribution in [1.29, 1.82) is 0 Å². The number of hydrogen-bond acceptors (Lipinski definition) is 6. The molecule has 4 fully saturated rings. The first-order valence-corrected chi connectivity index (χ1v) is 11.4. The molecule has 2 aromatic rings. The topological polar surface area (TPSA) is 86.0 Å². The monoisotopic (exact) mass is 462 g/mol. The second-order valence-corrected chi connectivity index (χ2v) is 10.4. The van der Waals surface area contributed by atoms with E-state index in [1.807, 2.05) is 11.0 Å². The highest BCUT2D eigenvalue weighted by atomic mass is 19.4. The van der Waals surface area contributed by atoms with Crippen LogP contribution in [0.15, 0.2) is 12.4 Å². The summed E-state index contributed by atoms with van der Waals surface area (Å²) in [5.41, 5.74) is -0.947. The first-order valence-electron chi connectivity index (χ1n) is 11.4. The molecule has 1 aliphatic heterocycles. The van der Waals surface area contributed by atoms with E-state index >= 15 is 0 Å². The molecule has 0 bridgehead atoms. The molecule has 1 amide bonds. The average molecular weight is 462 g/mol. The fourth-order valence-corrected chi connectivity index (χ4v) is 5.04. The largest absolute Gasteiger partial charge is 0.475 e. The smallest absolute Gasteiger partial charge is 0.397 e. The van der Waals surface area contributed by atoms with Crippen molar-refractivity contribution in [2.24, 2.45) is 10.8 Å². The molecule has 0 atom stereocenters. The van der Waals surface area contributed by atoms with E-state index in [1.54, 1.807) is 17.9 Å². The van der Waals surface area contributed by atoms with Gasteiger partial charge in [0.1, 0.15) is 18.3 Å². The summed E-state index contributed by atoms with van der Waals surface area (Å²) in [6.45, 7) is 2.53. The van der Waals surface area contributed by atoms with Gasteiger partial charge in [-0.3, -0.25) is 4.79 Å². The summed E-state index contributed by atoms with van der Waals surface area (Å²) in [6.07, 6.45) is 1.98. The molecule has 3 heterocycles. The molecule has 6 rings (SSSR count). The summed E-state index contributed by atoms with van der Waals surface area (Å²) in [7, 11) is 0. The summed E-state index contributed by atoms with van der Waals surface area (Å²) in [5.74, 6) is 1.32. The lowest BCUT2D eigenvalue weighted by Gasteiger charge is -2.58. The van der Waals surface area contributed by atoms with Crippen LogP contribution in [-0.4, -0.2) is 61.6 Å². The standard InChI is InChI=1S/C22H25F3N6O2/c1-13-6-16(27-28-18(13)33-11-21(4-5-21)22(23,24)25)19(32)30-9-20(10-30)7-15(8-20)31-12-26-17(29-31)14-2-3-14/h6,12,14-15H,2-5,7-11H2,1H3. The Morgan fingerprint density at radius 1 is 1.21 bits per heavy atom. The third kappa shape index (κ3) is 3.56. The number of halogens is 3. The maximum Gasteiger partial charge on any atom is 0.397 e. The highest BCUT2D eigenvalue weighted by Crippen LogP contribution is 2.57. The van der Waals surface area contributed by atoms with Crippen molar-refractivity contribution in [3.63, 3.8) is 0 Å². The number of aryl methyl sites for hydroxylation is 1. The Morgan fingerprint density at radius 2 is 1.94 bits per heavy atom. The van der Waals surface area contributed by atoms with E-state index in [1.165, 1.54) is 12.8 Å². The van der Waals surface area contributed by atoms with Gasteiger partial charge in [0.15, 0.2) is 11.5 Å². The van der Waals surface area contributed by atoms with E-state index in [0.29, 0.717) is 30.6 Å². The fraction of sp³-hybridized carbons (Fsp3) is 0.682. The molecule has 0 N–H and O–H groups in total. The van der Waals surface area contributed by atoms with Crippen LogP contribution in [0.1, 0.15) is 72.4 Å². The highest BCUT2D eigenvalue weighted by Gasteiger charge is 2.64. The maximum atomic E-state index is 13.1. The van der Waals surface area contributed by atoms with Crippen LogP contribution in [0.25, 0.3) is 0 Å². The minimum Gasteiger partial charge on any atom is -0.475 e. The number of likely N-dealkylation sites (tertiary alicyclic amines) is 1. The van der Waals surface area contributed by atoms with Crippen LogP contribution in [0, 0.1) is 17.8 Å². The van der Waals surface area contributed by atoms with Gasteiger partial charge < -0.3 is 9.64 Å². The van der Waals surface area contributed by atoms with Gasteiger partial charge in [-0.2, -0.15) is 18.3 Å². The number of carbonyl (C=O) groups excluding carboxylic acids is 1. The van der Waals surface area contributed by atoms with E-state index in [2.05, 4.69) is 20.3 Å². The van der Waals surface area contributed by atoms with Crippen LogP contribution in [0.4, 0.5) is 13.2 Å². The first-order chi connectivity index (χ1) is 15.7. The molecule has 33 heavy (non-hydrogen) atoms. The third-order valence-electron chi connectivity index (χ3n) is 7.62. The molecule has 1 spiro atoms. The Labute approximate surface area is 188 Å². The van der Waals surface area contributed by atoms with Gasteiger partial charge in [0.05, 0.1) is 6.04 Å². The predicted molar refractivity (Wildman–Crippen MR) is 109 cm³/mol. The molecular formula is C22H25F3N6O2. The Bertz CT molecular complexity index is 1090. The minimum atomic E-state index is -4.29. The number of amides is 1. The molecule has 3 aliphatic carbocycles. The average Bonchev–Trinajstić information content (AvgIpc) is 3.63. The lowest BCUT2D eigenvalue weighted by molar-refractivity contribution is -0.194. The van der Waals surface area contributed by atoms with E-state index in [9.17, 15) is 18.0 Å². The molecule has 2 aromatic heterocycles. The Hall–Kier alpha value is -2.72. The number of aromatic nitrogens is 5. The molecule has 176 valence electrons. The van der Waals surface area contributed by atoms with E-state index < -0.39 is 18.2 Å². The normalized spacial score (nSPS) is 23.2. The zero-order valence-corrected chi connectivity index (χ0v) is 18.3. The van der Waals surface area contributed by atoms with Crippen LogP contribution in [-0.2, 0) is 0 Å². The fourth-order valence-electron chi connectivity index (χ4n) is 5.04. The van der Waals surface area contributed by atoms with Gasteiger partial charge in [-0.05, 0) is 51.5 Å². The molecule has 0 aromatic carbocycles. The molecule has 1 saturated heterocycles. The SMILES string of the molecule is Cc1cc(C(=O)N2CC3(CC(n4cnc(C5CC5)n4)C3)C2)nnc1OCC1(C(F)(F)F)CC1. The van der Waals surface area contributed by atoms with Gasteiger partial charge in [-0.15, -0.1) is 10.2 Å². The quantitative estimate of drug-likeness (QED) is 0.654. The Morgan fingerprint density at radius 3 is 2.55 bits per heavy atom. The van der Waals surface area contributed by atoms with E-state index in [0.717, 1.165) is 18.7 Å². The maximum absolute atomic E-state index is 13.1. The first kappa shape index (κ1) is 20.9. The molecule has 11 heteroatoms. The zero-order valence-electron chi connectivity index (χ0n) is 18.3. The molecular weight excluding hydrogens is 437 g/mol. The second-order valence-electron chi connectivity index (χ2n) is 10.4. The van der Waals surface area contributed by atoms with Crippen LogP contribution in [0.2, 0.25) is 0 Å². The number of ether oxygens (including phenoxy) is 1. The Kier molecular flexibility index (Phi) is 4.36. The lowest BCUT2D eigenvalue weighted by Crippen LogP contribution is -2.63. The summed E-state index contributed by atoms with van der Waals surface area (Å²) < 4.78 is 46.5. The summed E-state index contributed by atoms with van der Waals surface area (Å²) in [5, 5.41) is 12.4. The molecule has 0 unspecified atom stereocenters. The van der Waals surface area contributed by atoms with Gasteiger partial charge >= 0.3 is 6.18 Å². The third-order valence-corrected chi connectivity index (χ3v) is 7.62. The van der Waals surface area contributed by atoms with Crippen molar-refractivity contribution in [1.82, 2.24) is 29.9 Å². The van der Waals surface area contributed by atoms with Crippen LogP contribution >= 0.6 is 0 Å². The molecule has 4 aliphatic rings. The van der Waals surface area contributed by atoms with Crippen molar-refractivity contribution in [3.8, 4) is 5.88 Å². The zero-order chi connectivity index (χ0) is 23.0. The van der Waals surface area contributed by atoms with Gasteiger partial charge in [-0.25, -0.2) is 9.67 Å². The molecule has 8 nitrogen and oxygen atoms in total. The summed E-state index contributed by atoms with van der Waals surface area (Å²) >= 11 is 0. The predicted octanol–water partition coefficient (Wildman–Crippen LogP) is 3.45. The van der Waals surface area contributed by atoms with E-state index in [-0.39, 0.29) is 35.7 Å². The van der Waals surface area contributed by atoms with Crippen LogP contribution < -0.4 is 4.74 Å².